The highest BCUT2D eigenvalue weighted by atomic mass is 16.3. The third-order valence-corrected chi connectivity index (χ3v) is 2.43. The summed E-state index contributed by atoms with van der Waals surface area (Å²) < 4.78 is 5.52. The molecule has 0 saturated heterocycles. The Morgan fingerprint density at radius 2 is 1.67 bits per heavy atom. The number of hydrogen-bond acceptors (Lipinski definition) is 2. The molecule has 0 aliphatic rings. The molecular weight excluding hydrogens is 186 g/mol. The molecule has 0 aliphatic carbocycles. The van der Waals surface area contributed by atoms with Crippen LogP contribution in [0.1, 0.15) is 22.6 Å². The van der Waals surface area contributed by atoms with E-state index >= 15 is 0 Å². The van der Waals surface area contributed by atoms with Gasteiger partial charge in [-0.05, 0) is 30.2 Å². The first-order valence-electron chi connectivity index (χ1n) is 5.11. The average Bonchev–Trinajstić information content (AvgIpc) is 2.65. The molecule has 0 atom stereocenters. The minimum Gasteiger partial charge on any atom is -0.466 e. The monoisotopic (exact) mass is 201 g/mol. The van der Waals surface area contributed by atoms with Crippen LogP contribution in [0.25, 0.3) is 0 Å². The van der Waals surface area contributed by atoms with Crippen molar-refractivity contribution in [1.29, 1.82) is 0 Å². The zero-order valence-electron chi connectivity index (χ0n) is 8.86. The minimum atomic E-state index is 0.597. The summed E-state index contributed by atoms with van der Waals surface area (Å²) in [5.74, 6) is 1.97. The lowest BCUT2D eigenvalue weighted by molar-refractivity contribution is 0.493. The Morgan fingerprint density at radius 3 is 2.20 bits per heavy atom. The molecule has 0 fully saturated rings. The van der Waals surface area contributed by atoms with Crippen LogP contribution in [0.2, 0.25) is 0 Å². The van der Waals surface area contributed by atoms with E-state index in [1.807, 2.05) is 19.1 Å². The summed E-state index contributed by atoms with van der Waals surface area (Å²) in [4.78, 5) is 0. The smallest absolute Gasteiger partial charge is 0.108 e. The van der Waals surface area contributed by atoms with Crippen molar-refractivity contribution in [2.75, 3.05) is 0 Å². The van der Waals surface area contributed by atoms with Crippen LogP contribution in [0.15, 0.2) is 40.8 Å². The van der Waals surface area contributed by atoms with E-state index in [0.29, 0.717) is 6.54 Å². The molecule has 2 N–H and O–H groups in total. The maximum atomic E-state index is 5.54. The summed E-state index contributed by atoms with van der Waals surface area (Å²) in [6.07, 6.45) is 0.846. The molecule has 0 amide bonds. The van der Waals surface area contributed by atoms with Crippen molar-refractivity contribution >= 4 is 0 Å². The first-order chi connectivity index (χ1) is 7.28. The van der Waals surface area contributed by atoms with Gasteiger partial charge in [-0.15, -0.1) is 0 Å². The predicted octanol–water partition coefficient (Wildman–Crippen LogP) is 2.64. The van der Waals surface area contributed by atoms with Gasteiger partial charge in [0.25, 0.3) is 0 Å². The second-order valence-electron chi connectivity index (χ2n) is 3.71. The fourth-order valence-corrected chi connectivity index (χ4v) is 1.57. The molecular formula is C13H15NO. The molecule has 0 bridgehead atoms. The van der Waals surface area contributed by atoms with Crippen molar-refractivity contribution in [3.8, 4) is 0 Å². The molecule has 0 unspecified atom stereocenters. The highest BCUT2D eigenvalue weighted by Crippen LogP contribution is 2.13. The van der Waals surface area contributed by atoms with Crippen LogP contribution in [0, 0.1) is 6.92 Å². The van der Waals surface area contributed by atoms with Crippen LogP contribution in [-0.2, 0) is 13.0 Å². The Balaban J connectivity index is 2.11. The molecule has 1 aromatic heterocycles. The normalized spacial score (nSPS) is 10.5. The van der Waals surface area contributed by atoms with E-state index in [2.05, 4.69) is 24.3 Å². The SMILES string of the molecule is Cc1ccc(Cc2ccc(CN)cc2)o1. The number of aryl methyl sites for hydroxylation is 1. The molecule has 0 aliphatic heterocycles. The van der Waals surface area contributed by atoms with Gasteiger partial charge < -0.3 is 10.2 Å². The van der Waals surface area contributed by atoms with Crippen LogP contribution in [-0.4, -0.2) is 0 Å². The summed E-state index contributed by atoms with van der Waals surface area (Å²) in [5.41, 5.74) is 7.95. The lowest BCUT2D eigenvalue weighted by atomic mass is 10.1. The molecule has 2 nitrogen and oxygen atoms in total. The van der Waals surface area contributed by atoms with Crippen molar-refractivity contribution in [2.24, 2.45) is 5.73 Å². The quantitative estimate of drug-likeness (QED) is 0.829. The van der Waals surface area contributed by atoms with Crippen molar-refractivity contribution in [3.63, 3.8) is 0 Å². The van der Waals surface area contributed by atoms with Gasteiger partial charge in [-0.25, -0.2) is 0 Å². The third kappa shape index (κ3) is 2.48. The lowest BCUT2D eigenvalue weighted by Gasteiger charge is -2.00. The van der Waals surface area contributed by atoms with Crippen LogP contribution < -0.4 is 5.73 Å². The van der Waals surface area contributed by atoms with Crippen molar-refractivity contribution < 1.29 is 4.42 Å². The van der Waals surface area contributed by atoms with E-state index < -0.39 is 0 Å². The standard InChI is InChI=1S/C13H15NO/c1-10-2-7-13(15-10)8-11-3-5-12(9-14)6-4-11/h2-7H,8-9,14H2,1H3. The molecule has 0 saturated carbocycles. The van der Waals surface area contributed by atoms with Crippen LogP contribution >= 0.6 is 0 Å². The molecule has 2 heteroatoms. The molecule has 2 rings (SSSR count). The summed E-state index contributed by atoms with van der Waals surface area (Å²) in [5, 5.41) is 0. The summed E-state index contributed by atoms with van der Waals surface area (Å²) in [7, 11) is 0. The number of rotatable bonds is 3. The molecule has 78 valence electrons. The van der Waals surface area contributed by atoms with E-state index in [1.165, 1.54) is 5.56 Å². The predicted molar refractivity (Wildman–Crippen MR) is 60.6 cm³/mol. The molecule has 15 heavy (non-hydrogen) atoms. The molecule has 0 radical (unpaired) electrons. The van der Waals surface area contributed by atoms with Gasteiger partial charge in [0.2, 0.25) is 0 Å². The van der Waals surface area contributed by atoms with Gasteiger partial charge in [-0.3, -0.25) is 0 Å². The Bertz CT molecular complexity index is 428. The fraction of sp³-hybridized carbons (Fsp3) is 0.231. The molecule has 2 aromatic rings. The number of benzene rings is 1. The van der Waals surface area contributed by atoms with Gasteiger partial charge in [-0.2, -0.15) is 0 Å². The molecule has 1 aromatic carbocycles. The highest BCUT2D eigenvalue weighted by Gasteiger charge is 2.00. The van der Waals surface area contributed by atoms with Gasteiger partial charge in [0.05, 0.1) is 0 Å². The Morgan fingerprint density at radius 1 is 1.00 bits per heavy atom. The maximum absolute atomic E-state index is 5.54. The minimum absolute atomic E-state index is 0.597. The summed E-state index contributed by atoms with van der Waals surface area (Å²) >= 11 is 0. The van der Waals surface area contributed by atoms with Crippen LogP contribution in [0.4, 0.5) is 0 Å². The first kappa shape index (κ1) is 9.99. The Labute approximate surface area is 89.7 Å². The van der Waals surface area contributed by atoms with Gasteiger partial charge in [0, 0.05) is 13.0 Å². The topological polar surface area (TPSA) is 39.2 Å². The van der Waals surface area contributed by atoms with E-state index in [9.17, 15) is 0 Å². The maximum Gasteiger partial charge on any atom is 0.108 e. The summed E-state index contributed by atoms with van der Waals surface area (Å²) in [6, 6.07) is 12.3. The Hall–Kier alpha value is -1.54. The Kier molecular flexibility index (Phi) is 2.88. The van der Waals surface area contributed by atoms with Crippen LogP contribution in [0.5, 0.6) is 0 Å². The lowest BCUT2D eigenvalue weighted by Crippen LogP contribution is -1.96. The van der Waals surface area contributed by atoms with Crippen molar-refractivity contribution in [1.82, 2.24) is 0 Å². The van der Waals surface area contributed by atoms with Gasteiger partial charge in [0.1, 0.15) is 11.5 Å². The number of hydrogen-bond donors (Lipinski definition) is 1. The second-order valence-corrected chi connectivity index (χ2v) is 3.71. The van der Waals surface area contributed by atoms with E-state index in [-0.39, 0.29) is 0 Å². The van der Waals surface area contributed by atoms with Gasteiger partial charge in [0.15, 0.2) is 0 Å². The molecule has 0 spiro atoms. The first-order valence-corrected chi connectivity index (χ1v) is 5.11. The van der Waals surface area contributed by atoms with Gasteiger partial charge in [-0.1, -0.05) is 24.3 Å². The molecule has 1 heterocycles. The second kappa shape index (κ2) is 4.32. The fourth-order valence-electron chi connectivity index (χ4n) is 1.57. The zero-order chi connectivity index (χ0) is 10.7. The van der Waals surface area contributed by atoms with Crippen molar-refractivity contribution in [2.45, 2.75) is 19.9 Å². The van der Waals surface area contributed by atoms with Crippen molar-refractivity contribution in [3.05, 3.63) is 59.0 Å². The van der Waals surface area contributed by atoms with E-state index in [0.717, 1.165) is 23.5 Å². The van der Waals surface area contributed by atoms with Crippen LogP contribution in [0.3, 0.4) is 0 Å². The zero-order valence-corrected chi connectivity index (χ0v) is 8.86. The average molecular weight is 201 g/mol. The van der Waals surface area contributed by atoms with E-state index in [4.69, 9.17) is 10.2 Å². The largest absolute Gasteiger partial charge is 0.466 e. The summed E-state index contributed by atoms with van der Waals surface area (Å²) in [6.45, 7) is 2.56. The van der Waals surface area contributed by atoms with Gasteiger partial charge >= 0.3 is 0 Å². The number of furan rings is 1. The van der Waals surface area contributed by atoms with E-state index in [1.54, 1.807) is 0 Å². The highest BCUT2D eigenvalue weighted by molar-refractivity contribution is 5.25. The number of nitrogens with two attached hydrogens (primary N) is 1. The third-order valence-electron chi connectivity index (χ3n) is 2.43.